The summed E-state index contributed by atoms with van der Waals surface area (Å²) in [4.78, 5) is 12.4. The molecule has 156 valence electrons. The molecule has 0 aliphatic heterocycles. The van der Waals surface area contributed by atoms with Gasteiger partial charge in [-0.25, -0.2) is 0 Å². The third kappa shape index (κ3) is 4.40. The standard InChI is InChI=1S/C27H30O3/c1-6-7-12-20(2)22-15-11-16-23(21-13-9-8-10-14-21)24(22)29-17-18-30-25(28)27(5)19-26(27,3)4/h6-16H,1-2,17-19H2,3-5H3/b12-7-. The minimum atomic E-state index is -0.385. The summed E-state index contributed by atoms with van der Waals surface area (Å²) in [5, 5.41) is 0. The normalized spacial score (nSPS) is 19.3. The van der Waals surface area contributed by atoms with Gasteiger partial charge in [0.15, 0.2) is 0 Å². The molecule has 1 fully saturated rings. The number of rotatable bonds is 9. The van der Waals surface area contributed by atoms with Crippen molar-refractivity contribution < 1.29 is 14.3 Å². The van der Waals surface area contributed by atoms with Crippen LogP contribution < -0.4 is 4.74 Å². The van der Waals surface area contributed by atoms with Crippen LogP contribution in [0.2, 0.25) is 0 Å². The molecule has 0 bridgehead atoms. The number of ether oxygens (including phenoxy) is 2. The van der Waals surface area contributed by atoms with E-state index in [1.54, 1.807) is 6.08 Å². The molecular formula is C27H30O3. The van der Waals surface area contributed by atoms with Gasteiger partial charge in [0.25, 0.3) is 0 Å². The number of carbonyl (C=O) groups is 1. The molecule has 2 aromatic carbocycles. The number of para-hydroxylation sites is 1. The van der Waals surface area contributed by atoms with Gasteiger partial charge < -0.3 is 9.47 Å². The molecule has 0 spiro atoms. The first kappa shape index (κ1) is 21.6. The number of hydrogen-bond donors (Lipinski definition) is 0. The van der Waals surface area contributed by atoms with Crippen LogP contribution >= 0.6 is 0 Å². The van der Waals surface area contributed by atoms with Crippen molar-refractivity contribution in [3.05, 3.63) is 85.5 Å². The zero-order valence-corrected chi connectivity index (χ0v) is 18.1. The van der Waals surface area contributed by atoms with E-state index < -0.39 is 0 Å². The van der Waals surface area contributed by atoms with E-state index in [1.807, 2.05) is 67.6 Å². The maximum atomic E-state index is 12.4. The van der Waals surface area contributed by atoms with Crippen molar-refractivity contribution in [2.24, 2.45) is 10.8 Å². The molecule has 0 N–H and O–H groups in total. The zero-order valence-electron chi connectivity index (χ0n) is 18.1. The van der Waals surface area contributed by atoms with Gasteiger partial charge in [-0.05, 0) is 29.9 Å². The van der Waals surface area contributed by atoms with E-state index in [0.29, 0.717) is 0 Å². The summed E-state index contributed by atoms with van der Waals surface area (Å²) in [6.45, 7) is 14.5. The fraction of sp³-hybridized carbons (Fsp3) is 0.296. The second-order valence-corrected chi connectivity index (χ2v) is 8.55. The van der Waals surface area contributed by atoms with Gasteiger partial charge in [0.1, 0.15) is 19.0 Å². The highest BCUT2D eigenvalue weighted by Crippen LogP contribution is 2.63. The van der Waals surface area contributed by atoms with Crippen molar-refractivity contribution in [2.45, 2.75) is 27.2 Å². The third-order valence-corrected chi connectivity index (χ3v) is 6.06. The predicted octanol–water partition coefficient (Wildman–Crippen LogP) is 6.47. The molecule has 1 unspecified atom stereocenters. The van der Waals surface area contributed by atoms with Crippen LogP contribution in [-0.2, 0) is 9.53 Å². The number of hydrogen-bond acceptors (Lipinski definition) is 3. The van der Waals surface area contributed by atoms with Gasteiger partial charge in [0.2, 0.25) is 0 Å². The topological polar surface area (TPSA) is 35.5 Å². The summed E-state index contributed by atoms with van der Waals surface area (Å²) in [6, 6.07) is 16.1. The lowest BCUT2D eigenvalue weighted by atomic mass is 9.97. The lowest BCUT2D eigenvalue weighted by molar-refractivity contribution is -0.151. The van der Waals surface area contributed by atoms with Crippen LogP contribution in [0.15, 0.2) is 79.9 Å². The van der Waals surface area contributed by atoms with E-state index >= 15 is 0 Å². The second-order valence-electron chi connectivity index (χ2n) is 8.55. The Bertz CT molecular complexity index is 969. The summed E-state index contributed by atoms with van der Waals surface area (Å²) in [6.07, 6.45) is 6.32. The fourth-order valence-electron chi connectivity index (χ4n) is 3.69. The van der Waals surface area contributed by atoms with E-state index in [-0.39, 0.29) is 30.0 Å². The van der Waals surface area contributed by atoms with Crippen LogP contribution in [-0.4, -0.2) is 19.2 Å². The Balaban J connectivity index is 1.77. The number of carbonyl (C=O) groups excluding carboxylic acids is 1. The van der Waals surface area contributed by atoms with Crippen LogP contribution in [0.1, 0.15) is 32.8 Å². The number of benzene rings is 2. The SMILES string of the molecule is C=C/C=C\C(=C)c1cccc(-c2ccccc2)c1OCCOC(=O)C1(C)CC1(C)C. The van der Waals surface area contributed by atoms with Gasteiger partial charge >= 0.3 is 5.97 Å². The van der Waals surface area contributed by atoms with Crippen LogP contribution in [0, 0.1) is 10.8 Å². The summed E-state index contributed by atoms with van der Waals surface area (Å²) in [5.74, 6) is 0.586. The Kier molecular flexibility index (Phi) is 6.31. The molecule has 30 heavy (non-hydrogen) atoms. The highest BCUT2D eigenvalue weighted by atomic mass is 16.6. The van der Waals surface area contributed by atoms with Crippen molar-refractivity contribution >= 4 is 11.5 Å². The van der Waals surface area contributed by atoms with E-state index in [4.69, 9.17) is 9.47 Å². The molecule has 0 heterocycles. The van der Waals surface area contributed by atoms with Gasteiger partial charge in [-0.2, -0.15) is 0 Å². The Morgan fingerprint density at radius 3 is 2.40 bits per heavy atom. The lowest BCUT2D eigenvalue weighted by Gasteiger charge is -2.18. The Morgan fingerprint density at radius 2 is 1.77 bits per heavy atom. The van der Waals surface area contributed by atoms with Crippen LogP contribution in [0.3, 0.4) is 0 Å². The Labute approximate surface area is 179 Å². The summed E-state index contributed by atoms with van der Waals surface area (Å²) in [7, 11) is 0. The molecule has 2 aromatic rings. The first-order valence-electron chi connectivity index (χ1n) is 10.3. The fourth-order valence-corrected chi connectivity index (χ4v) is 3.69. The van der Waals surface area contributed by atoms with Crippen molar-refractivity contribution in [3.8, 4) is 16.9 Å². The minimum Gasteiger partial charge on any atom is -0.489 e. The first-order valence-corrected chi connectivity index (χ1v) is 10.3. The van der Waals surface area contributed by atoms with Crippen LogP contribution in [0.4, 0.5) is 0 Å². The van der Waals surface area contributed by atoms with Crippen LogP contribution in [0.5, 0.6) is 5.75 Å². The average molecular weight is 403 g/mol. The first-order chi connectivity index (χ1) is 14.3. The average Bonchev–Trinajstić information content (AvgIpc) is 3.28. The maximum absolute atomic E-state index is 12.4. The Morgan fingerprint density at radius 1 is 1.07 bits per heavy atom. The van der Waals surface area contributed by atoms with E-state index in [1.165, 1.54) is 0 Å². The summed E-state index contributed by atoms with van der Waals surface area (Å²) < 4.78 is 11.7. The molecule has 0 radical (unpaired) electrons. The maximum Gasteiger partial charge on any atom is 0.312 e. The molecule has 1 saturated carbocycles. The van der Waals surface area contributed by atoms with Gasteiger partial charge in [0, 0.05) is 11.1 Å². The number of esters is 1. The smallest absolute Gasteiger partial charge is 0.312 e. The molecule has 0 aromatic heterocycles. The third-order valence-electron chi connectivity index (χ3n) is 6.06. The quantitative estimate of drug-likeness (QED) is 0.274. The van der Waals surface area contributed by atoms with Crippen molar-refractivity contribution in [3.63, 3.8) is 0 Å². The van der Waals surface area contributed by atoms with Gasteiger partial charge in [0.05, 0.1) is 5.41 Å². The summed E-state index contributed by atoms with van der Waals surface area (Å²) >= 11 is 0. The molecule has 1 aliphatic carbocycles. The monoisotopic (exact) mass is 402 g/mol. The molecule has 1 aliphatic rings. The highest BCUT2D eigenvalue weighted by Gasteiger charge is 2.63. The van der Waals surface area contributed by atoms with Crippen molar-refractivity contribution in [2.75, 3.05) is 13.2 Å². The molecule has 0 saturated heterocycles. The molecule has 3 heteroatoms. The molecule has 1 atom stereocenters. The highest BCUT2D eigenvalue weighted by molar-refractivity contribution is 5.84. The predicted molar refractivity (Wildman–Crippen MR) is 123 cm³/mol. The van der Waals surface area contributed by atoms with E-state index in [9.17, 15) is 4.79 Å². The number of allylic oxidation sites excluding steroid dienone is 4. The van der Waals surface area contributed by atoms with E-state index in [2.05, 4.69) is 27.0 Å². The summed E-state index contributed by atoms with van der Waals surface area (Å²) in [5.41, 5.74) is 3.38. The molecule has 3 rings (SSSR count). The lowest BCUT2D eigenvalue weighted by Crippen LogP contribution is -2.23. The van der Waals surface area contributed by atoms with Gasteiger partial charge in [-0.3, -0.25) is 4.79 Å². The van der Waals surface area contributed by atoms with Crippen molar-refractivity contribution in [1.82, 2.24) is 0 Å². The molecular weight excluding hydrogens is 372 g/mol. The largest absolute Gasteiger partial charge is 0.489 e. The molecule has 3 nitrogen and oxygen atoms in total. The Hall–Kier alpha value is -3.07. The van der Waals surface area contributed by atoms with E-state index in [0.717, 1.165) is 34.4 Å². The minimum absolute atomic E-state index is 0.00719. The van der Waals surface area contributed by atoms with Crippen LogP contribution in [0.25, 0.3) is 16.7 Å². The van der Waals surface area contributed by atoms with Gasteiger partial charge in [-0.15, -0.1) is 0 Å². The second kappa shape index (κ2) is 8.74. The zero-order chi connectivity index (χ0) is 21.8. The van der Waals surface area contributed by atoms with Gasteiger partial charge in [-0.1, -0.05) is 93.8 Å². The molecule has 0 amide bonds. The van der Waals surface area contributed by atoms with Crippen molar-refractivity contribution in [1.29, 1.82) is 0 Å².